The Morgan fingerprint density at radius 2 is 2.06 bits per heavy atom. The number of carbonyl (C=O) groups is 2. The summed E-state index contributed by atoms with van der Waals surface area (Å²) in [6.07, 6.45) is 2.15. The highest BCUT2D eigenvalue weighted by Gasteiger charge is 2.50. The highest BCUT2D eigenvalue weighted by atomic mass is 35.5. The van der Waals surface area contributed by atoms with Crippen LogP contribution < -0.4 is 16.6 Å². The molecule has 0 amide bonds. The van der Waals surface area contributed by atoms with Gasteiger partial charge in [-0.2, -0.15) is 0 Å². The number of nitrogen functional groups attached to an aromatic ring is 1. The van der Waals surface area contributed by atoms with Gasteiger partial charge in [0.05, 0.1) is 34.7 Å². The van der Waals surface area contributed by atoms with Crippen LogP contribution in [-0.2, 0) is 37.8 Å². The fraction of sp³-hybridized carbons (Fsp3) is 0.385. The van der Waals surface area contributed by atoms with Crippen LogP contribution in [0.25, 0.3) is 22.3 Å². The molecule has 2 aromatic heterocycles. The number of nitrogens with zero attached hydrogens (tertiary/aromatic N) is 2. The Hall–Kier alpha value is -3.59. The third-order valence-corrected chi connectivity index (χ3v) is 6.86. The zero-order chi connectivity index (χ0) is 24.9. The Labute approximate surface area is 214 Å². The number of fused-ring (bicyclic) bond motifs is 5. The molecule has 0 fully saturated rings. The van der Waals surface area contributed by atoms with Gasteiger partial charge in [0.2, 0.25) is 5.60 Å². The van der Waals surface area contributed by atoms with Crippen molar-refractivity contribution in [2.75, 3.05) is 17.6 Å². The smallest absolute Gasteiger partial charge is 0.355 e. The predicted molar refractivity (Wildman–Crippen MR) is 139 cm³/mol. The number of carbonyl (C=O) groups excluding carboxylic acids is 2. The first-order valence-electron chi connectivity index (χ1n) is 11.9. The van der Waals surface area contributed by atoms with E-state index in [-0.39, 0.29) is 31.0 Å². The Morgan fingerprint density at radius 1 is 1.28 bits per heavy atom. The van der Waals surface area contributed by atoms with E-state index in [2.05, 4.69) is 12.2 Å². The normalized spacial score (nSPS) is 17.5. The van der Waals surface area contributed by atoms with Gasteiger partial charge in [-0.1, -0.05) is 26.3 Å². The molecule has 3 N–H and O–H groups in total. The highest BCUT2D eigenvalue weighted by molar-refractivity contribution is 6.04. The molecule has 0 radical (unpaired) electrons. The molecule has 1 atom stereocenters. The first kappa shape index (κ1) is 25.5. The number of anilines is 2. The van der Waals surface area contributed by atoms with Crippen LogP contribution >= 0.6 is 12.4 Å². The average molecular weight is 513 g/mol. The lowest BCUT2D eigenvalue weighted by atomic mass is 9.85. The van der Waals surface area contributed by atoms with Gasteiger partial charge in [0, 0.05) is 35.7 Å². The molecule has 0 saturated carbocycles. The minimum Gasteiger partial charge on any atom is -0.457 e. The number of hydrogen-bond acceptors (Lipinski definition) is 8. The van der Waals surface area contributed by atoms with Crippen molar-refractivity contribution < 1.29 is 19.1 Å². The SMILES string of the molecule is CCCCNc1c2c(nc3cccc(N)c13)-c1cc3c(c(=O)n1C2)COC(=O)[C@@]3(CC)OC(C)=O.Cl. The molecule has 9 nitrogen and oxygen atoms in total. The van der Waals surface area contributed by atoms with E-state index >= 15 is 0 Å². The third kappa shape index (κ3) is 3.69. The lowest BCUT2D eigenvalue weighted by molar-refractivity contribution is -0.188. The number of nitrogens with one attached hydrogen (secondary N) is 1. The van der Waals surface area contributed by atoms with E-state index in [0.29, 0.717) is 40.3 Å². The third-order valence-electron chi connectivity index (χ3n) is 6.86. The summed E-state index contributed by atoms with van der Waals surface area (Å²) in [5, 5.41) is 4.36. The van der Waals surface area contributed by atoms with Gasteiger partial charge >= 0.3 is 11.9 Å². The van der Waals surface area contributed by atoms with Crippen molar-refractivity contribution >= 4 is 46.6 Å². The predicted octanol–water partition coefficient (Wildman–Crippen LogP) is 3.87. The second-order valence-electron chi connectivity index (χ2n) is 9.00. The number of rotatable bonds is 6. The van der Waals surface area contributed by atoms with Gasteiger partial charge in [-0.05, 0) is 31.0 Å². The molecule has 2 aliphatic heterocycles. The van der Waals surface area contributed by atoms with Gasteiger partial charge in [0.25, 0.3) is 5.56 Å². The van der Waals surface area contributed by atoms with Crippen molar-refractivity contribution in [2.24, 2.45) is 0 Å². The molecule has 10 heteroatoms. The van der Waals surface area contributed by atoms with Gasteiger partial charge in [0.15, 0.2) is 0 Å². The van der Waals surface area contributed by atoms with Crippen LogP contribution in [0, 0.1) is 0 Å². The Bertz CT molecular complexity index is 1450. The number of pyridine rings is 2. The molecule has 0 bridgehead atoms. The Balaban J connectivity index is 0.00000304. The van der Waals surface area contributed by atoms with Gasteiger partial charge in [-0.25, -0.2) is 9.78 Å². The molecule has 0 saturated heterocycles. The van der Waals surface area contributed by atoms with Gasteiger partial charge in [-0.15, -0.1) is 12.4 Å². The Kier molecular flexibility index (Phi) is 6.70. The second-order valence-corrected chi connectivity index (χ2v) is 9.00. The largest absolute Gasteiger partial charge is 0.457 e. The zero-order valence-corrected chi connectivity index (χ0v) is 21.3. The number of hydrogen-bond donors (Lipinski definition) is 2. The number of aromatic nitrogens is 2. The molecule has 5 rings (SSSR count). The fourth-order valence-corrected chi connectivity index (χ4v) is 5.14. The number of unbranched alkanes of at least 4 members (excludes halogenated alkanes) is 1. The summed E-state index contributed by atoms with van der Waals surface area (Å²) in [7, 11) is 0. The van der Waals surface area contributed by atoms with E-state index in [1.807, 2.05) is 18.2 Å². The van der Waals surface area contributed by atoms with Crippen LogP contribution in [0.1, 0.15) is 56.7 Å². The van der Waals surface area contributed by atoms with E-state index in [4.69, 9.17) is 20.2 Å². The van der Waals surface area contributed by atoms with E-state index < -0.39 is 17.5 Å². The monoisotopic (exact) mass is 512 g/mol. The molecule has 4 heterocycles. The van der Waals surface area contributed by atoms with Gasteiger partial charge in [-0.3, -0.25) is 9.59 Å². The number of halogens is 1. The summed E-state index contributed by atoms with van der Waals surface area (Å²) in [6, 6.07) is 7.34. The number of nitrogens with two attached hydrogens (primary N) is 1. The Morgan fingerprint density at radius 3 is 2.75 bits per heavy atom. The number of esters is 2. The molecular weight excluding hydrogens is 484 g/mol. The lowest BCUT2D eigenvalue weighted by Gasteiger charge is -2.35. The van der Waals surface area contributed by atoms with Crippen LogP contribution in [0.4, 0.5) is 11.4 Å². The number of ether oxygens (including phenoxy) is 2. The van der Waals surface area contributed by atoms with Crippen molar-refractivity contribution in [1.82, 2.24) is 9.55 Å². The van der Waals surface area contributed by atoms with Crippen molar-refractivity contribution in [1.29, 1.82) is 0 Å². The molecule has 0 unspecified atom stereocenters. The molecular formula is C26H29ClN4O5. The molecule has 0 spiro atoms. The van der Waals surface area contributed by atoms with Gasteiger partial charge < -0.3 is 25.1 Å². The summed E-state index contributed by atoms with van der Waals surface area (Å²) in [4.78, 5) is 43.4. The summed E-state index contributed by atoms with van der Waals surface area (Å²) in [6.45, 7) is 5.98. The van der Waals surface area contributed by atoms with Crippen LogP contribution in [0.15, 0.2) is 29.1 Å². The molecule has 3 aromatic rings. The maximum Gasteiger partial charge on any atom is 0.355 e. The maximum atomic E-state index is 13.7. The summed E-state index contributed by atoms with van der Waals surface area (Å²) < 4.78 is 12.5. The number of cyclic esters (lactones) is 1. The first-order chi connectivity index (χ1) is 16.8. The highest BCUT2D eigenvalue weighted by Crippen LogP contribution is 2.44. The van der Waals surface area contributed by atoms with Crippen LogP contribution in [0.2, 0.25) is 0 Å². The van der Waals surface area contributed by atoms with E-state index in [0.717, 1.165) is 36.0 Å². The summed E-state index contributed by atoms with van der Waals surface area (Å²) in [5.41, 5.74) is 9.36. The quantitative estimate of drug-likeness (QED) is 0.226. The summed E-state index contributed by atoms with van der Waals surface area (Å²) in [5.74, 6) is -1.30. The minimum absolute atomic E-state index is 0. The zero-order valence-electron chi connectivity index (χ0n) is 20.5. The molecule has 36 heavy (non-hydrogen) atoms. The first-order valence-corrected chi connectivity index (χ1v) is 11.9. The van der Waals surface area contributed by atoms with Crippen LogP contribution in [-0.4, -0.2) is 28.0 Å². The average Bonchev–Trinajstić information content (AvgIpc) is 3.19. The molecule has 2 aliphatic rings. The number of benzene rings is 1. The van der Waals surface area contributed by atoms with E-state index in [9.17, 15) is 14.4 Å². The van der Waals surface area contributed by atoms with Crippen LogP contribution in [0.3, 0.4) is 0 Å². The second kappa shape index (κ2) is 9.46. The molecule has 0 aliphatic carbocycles. The van der Waals surface area contributed by atoms with Crippen molar-refractivity contribution in [3.05, 3.63) is 51.3 Å². The topological polar surface area (TPSA) is 126 Å². The maximum absolute atomic E-state index is 13.7. The van der Waals surface area contributed by atoms with E-state index in [1.54, 1.807) is 17.6 Å². The standard InChI is InChI=1S/C26H28N4O5.ClH/c1-4-6-10-28-23-15-12-30-20(22(15)29-19-9-7-8-18(27)21(19)23)11-17-16(24(30)32)13-34-25(33)26(17,5-2)35-14(3)31;/h7-9,11H,4-6,10,12-13,27H2,1-3H3,(H,28,29);1H/t26-;/m0./s1. The van der Waals surface area contributed by atoms with E-state index in [1.165, 1.54) is 6.92 Å². The molecule has 1 aromatic carbocycles. The van der Waals surface area contributed by atoms with Gasteiger partial charge in [0.1, 0.15) is 6.61 Å². The fourth-order valence-electron chi connectivity index (χ4n) is 5.14. The summed E-state index contributed by atoms with van der Waals surface area (Å²) >= 11 is 0. The van der Waals surface area contributed by atoms with Crippen molar-refractivity contribution in [3.8, 4) is 11.4 Å². The minimum atomic E-state index is -1.67. The lowest BCUT2D eigenvalue weighted by Crippen LogP contribution is -2.47. The van der Waals surface area contributed by atoms with Crippen molar-refractivity contribution in [2.45, 2.75) is 58.8 Å². The van der Waals surface area contributed by atoms with Crippen LogP contribution in [0.5, 0.6) is 0 Å². The molecule has 190 valence electrons. The van der Waals surface area contributed by atoms with Crippen molar-refractivity contribution in [3.63, 3.8) is 0 Å².